The summed E-state index contributed by atoms with van der Waals surface area (Å²) in [5, 5.41) is 3.67. The van der Waals surface area contributed by atoms with Crippen molar-refractivity contribution in [2.45, 2.75) is 129 Å². The Morgan fingerprint density at radius 2 is 1.32 bits per heavy atom. The number of nitrogens with zero attached hydrogens (tertiary/aromatic N) is 3. The van der Waals surface area contributed by atoms with Crippen molar-refractivity contribution in [3.8, 4) is 16.8 Å². The minimum Gasteiger partial charge on any atom is -0.456 e. The van der Waals surface area contributed by atoms with E-state index in [4.69, 9.17) is 4.42 Å². The van der Waals surface area contributed by atoms with Crippen molar-refractivity contribution in [1.29, 1.82) is 0 Å². The Hall–Kier alpha value is -6.46. The van der Waals surface area contributed by atoms with Crippen LogP contribution in [0, 0.1) is 6.92 Å². The molecule has 14 rings (SSSR count). The van der Waals surface area contributed by atoms with Gasteiger partial charge in [0.05, 0.1) is 16.6 Å². The Balaban J connectivity index is 1.11. The fourth-order valence-corrected chi connectivity index (χ4v) is 14.5. The second-order valence-corrected chi connectivity index (χ2v) is 24.5. The van der Waals surface area contributed by atoms with Crippen molar-refractivity contribution in [2.75, 3.05) is 9.80 Å². The van der Waals surface area contributed by atoms with Crippen molar-refractivity contribution >= 4 is 84.4 Å². The van der Waals surface area contributed by atoms with Crippen LogP contribution in [-0.2, 0) is 21.7 Å². The molecule has 2 aliphatic carbocycles. The van der Waals surface area contributed by atoms with Gasteiger partial charge in [0, 0.05) is 66.8 Å². The zero-order chi connectivity index (χ0) is 47.5. The lowest BCUT2D eigenvalue weighted by molar-refractivity contribution is 0.195. The lowest BCUT2D eigenvalue weighted by Gasteiger charge is -2.50. The molecule has 9 aromatic rings. The van der Waals surface area contributed by atoms with Crippen LogP contribution in [0.5, 0.6) is 0 Å². The number of benzene rings is 7. The summed E-state index contributed by atoms with van der Waals surface area (Å²) < 4.78 is 9.43. The number of anilines is 5. The van der Waals surface area contributed by atoms with E-state index in [1.54, 1.807) is 0 Å². The van der Waals surface area contributed by atoms with Crippen LogP contribution in [0.15, 0.2) is 132 Å². The molecule has 4 nitrogen and oxygen atoms in total. The van der Waals surface area contributed by atoms with Crippen molar-refractivity contribution in [1.82, 2.24) is 4.57 Å². The molecular formula is C64H62BN3O. The minimum atomic E-state index is -0.209. The number of aryl methyl sites for hydroxylation is 1. The molecule has 0 spiro atoms. The van der Waals surface area contributed by atoms with E-state index < -0.39 is 0 Å². The van der Waals surface area contributed by atoms with Gasteiger partial charge in [0.2, 0.25) is 0 Å². The smallest absolute Gasteiger partial charge is 0.252 e. The van der Waals surface area contributed by atoms with Crippen LogP contribution < -0.4 is 26.2 Å². The van der Waals surface area contributed by atoms with Gasteiger partial charge < -0.3 is 18.8 Å². The van der Waals surface area contributed by atoms with Crippen molar-refractivity contribution in [2.24, 2.45) is 0 Å². The van der Waals surface area contributed by atoms with E-state index in [2.05, 4.69) is 218 Å². The molecule has 0 amide bonds. The Kier molecular flexibility index (Phi) is 7.96. The van der Waals surface area contributed by atoms with Gasteiger partial charge in [-0.3, -0.25) is 0 Å². The number of rotatable bonds is 2. The largest absolute Gasteiger partial charge is 0.456 e. The molecule has 2 unspecified atom stereocenters. The third-order valence-electron chi connectivity index (χ3n) is 18.2. The third kappa shape index (κ3) is 5.16. The first-order chi connectivity index (χ1) is 32.9. The predicted molar refractivity (Wildman–Crippen MR) is 292 cm³/mol. The molecule has 5 aliphatic rings. The number of fused-ring (bicyclic) bond motifs is 15. The molecule has 5 heterocycles. The topological polar surface area (TPSA) is 24.6 Å². The Labute approximate surface area is 408 Å². The first kappa shape index (κ1) is 41.5. The fraction of sp³-hybridized carbons (Fsp3) is 0.312. The molecule has 2 atom stereocenters. The molecule has 69 heavy (non-hydrogen) atoms. The van der Waals surface area contributed by atoms with Crippen molar-refractivity contribution in [3.05, 3.63) is 161 Å². The summed E-state index contributed by atoms with van der Waals surface area (Å²) in [6.45, 7) is 26.6. The van der Waals surface area contributed by atoms with Crippen LogP contribution in [0.25, 0.3) is 49.7 Å². The molecule has 0 N–H and O–H groups in total. The van der Waals surface area contributed by atoms with Gasteiger partial charge in [-0.15, -0.1) is 0 Å². The van der Waals surface area contributed by atoms with E-state index in [0.717, 1.165) is 34.0 Å². The van der Waals surface area contributed by atoms with E-state index in [9.17, 15) is 0 Å². The van der Waals surface area contributed by atoms with E-state index in [-0.39, 0.29) is 33.9 Å². The zero-order valence-corrected chi connectivity index (χ0v) is 42.3. The SMILES string of the molecule is Cc1cc2c3c(c1)-n1c4c(c5cc(C(C)(C)C)cc(c51)B3c1ccc(N3c5ccc(C(C)(C)C)cc5C5(C)CCCCC35C)cc1N2c1cccc2oc3ccccc3c12)-c1ccccc1C4(C)C. The molecular weight excluding hydrogens is 838 g/mol. The highest BCUT2D eigenvalue weighted by Crippen LogP contribution is 2.62. The second-order valence-electron chi connectivity index (χ2n) is 24.5. The summed E-state index contributed by atoms with van der Waals surface area (Å²) in [6.07, 6.45) is 4.83. The van der Waals surface area contributed by atoms with Gasteiger partial charge >= 0.3 is 0 Å². The summed E-state index contributed by atoms with van der Waals surface area (Å²) in [4.78, 5) is 5.43. The highest BCUT2D eigenvalue weighted by Gasteiger charge is 2.58. The summed E-state index contributed by atoms with van der Waals surface area (Å²) in [6, 6.07) is 49.7. The summed E-state index contributed by atoms with van der Waals surface area (Å²) in [7, 11) is 0. The maximum atomic E-state index is 6.71. The molecule has 3 aliphatic heterocycles. The highest BCUT2D eigenvalue weighted by atomic mass is 16.3. The lowest BCUT2D eigenvalue weighted by atomic mass is 9.33. The maximum Gasteiger partial charge on any atom is 0.252 e. The second kappa shape index (κ2) is 13.2. The number of aromatic nitrogens is 1. The molecule has 1 fully saturated rings. The minimum absolute atomic E-state index is 0.0117. The van der Waals surface area contributed by atoms with Crippen LogP contribution in [0.4, 0.5) is 28.4 Å². The number of hydrogen-bond donors (Lipinski definition) is 0. The zero-order valence-electron chi connectivity index (χ0n) is 42.3. The van der Waals surface area contributed by atoms with Gasteiger partial charge in [0.1, 0.15) is 11.2 Å². The Morgan fingerprint density at radius 3 is 2.13 bits per heavy atom. The van der Waals surface area contributed by atoms with Gasteiger partial charge in [0.25, 0.3) is 6.71 Å². The van der Waals surface area contributed by atoms with E-state index in [1.165, 1.54) is 120 Å². The van der Waals surface area contributed by atoms with Crippen molar-refractivity contribution in [3.63, 3.8) is 0 Å². The Bertz CT molecular complexity index is 3760. The lowest BCUT2D eigenvalue weighted by Crippen LogP contribution is -2.61. The molecule has 1 saturated carbocycles. The molecule has 5 heteroatoms. The monoisotopic (exact) mass is 899 g/mol. The number of furan rings is 1. The average molecular weight is 900 g/mol. The van der Waals surface area contributed by atoms with Gasteiger partial charge in [-0.05, 0) is 142 Å². The molecule has 342 valence electrons. The van der Waals surface area contributed by atoms with Crippen LogP contribution in [0.3, 0.4) is 0 Å². The van der Waals surface area contributed by atoms with E-state index in [1.807, 2.05) is 0 Å². The van der Waals surface area contributed by atoms with E-state index >= 15 is 0 Å². The van der Waals surface area contributed by atoms with Gasteiger partial charge in [0.15, 0.2) is 0 Å². The highest BCUT2D eigenvalue weighted by molar-refractivity contribution is 7.00. The average Bonchev–Trinajstić information content (AvgIpc) is 4.00. The third-order valence-corrected chi connectivity index (χ3v) is 18.2. The predicted octanol–water partition coefficient (Wildman–Crippen LogP) is 15.1. The number of hydrogen-bond acceptors (Lipinski definition) is 3. The maximum absolute atomic E-state index is 6.71. The van der Waals surface area contributed by atoms with Crippen molar-refractivity contribution < 1.29 is 4.42 Å². The molecule has 0 radical (unpaired) electrons. The van der Waals surface area contributed by atoms with E-state index in [0.29, 0.717) is 0 Å². The van der Waals surface area contributed by atoms with Gasteiger partial charge in [-0.1, -0.05) is 148 Å². The van der Waals surface area contributed by atoms with Crippen LogP contribution >= 0.6 is 0 Å². The Morgan fingerprint density at radius 1 is 0.580 bits per heavy atom. The van der Waals surface area contributed by atoms with Gasteiger partial charge in [-0.25, -0.2) is 0 Å². The van der Waals surface area contributed by atoms with Crippen LogP contribution in [0.1, 0.15) is 128 Å². The summed E-state index contributed by atoms with van der Waals surface area (Å²) in [5.41, 5.74) is 25.8. The fourth-order valence-electron chi connectivity index (χ4n) is 14.5. The quantitative estimate of drug-likeness (QED) is 0.162. The first-order valence-corrected chi connectivity index (χ1v) is 25.7. The van der Waals surface area contributed by atoms with Crippen LogP contribution in [0.2, 0.25) is 0 Å². The van der Waals surface area contributed by atoms with Crippen LogP contribution in [-0.4, -0.2) is 16.8 Å². The summed E-state index contributed by atoms with van der Waals surface area (Å²) in [5.74, 6) is 0. The summed E-state index contributed by atoms with van der Waals surface area (Å²) >= 11 is 0. The molecule has 7 aromatic carbocycles. The first-order valence-electron chi connectivity index (χ1n) is 25.7. The normalized spacial score (nSPS) is 20.6. The molecule has 0 saturated heterocycles. The standard InChI is InChI=1S/C64H62BN3O/c1-37-31-51-57-52(32-37)67-58-43(55-41-19-12-14-21-44(41)62(8,9)59(55)67)33-39(61(5,6)7)35-47(58)65(57)46-27-26-40(36-50(46)66(51)49-22-18-24-54-56(49)42-20-13-15-23-53(42)69-54)68-48-28-25-38(60(2,3)4)34-45(48)63(10)29-16-17-30-64(63,68)11/h12-15,18-28,31-36H,16-17,29-30H2,1-11H3. The molecule has 2 aromatic heterocycles. The number of para-hydroxylation sites is 1. The van der Waals surface area contributed by atoms with Gasteiger partial charge in [-0.2, -0.15) is 0 Å². The molecule has 0 bridgehead atoms.